The third-order valence-corrected chi connectivity index (χ3v) is 4.26. The Kier molecular flexibility index (Phi) is 6.38. The molecule has 1 fully saturated rings. The summed E-state index contributed by atoms with van der Waals surface area (Å²) in [6.07, 6.45) is 7.57. The Balaban J connectivity index is 1.50. The van der Waals surface area contributed by atoms with Gasteiger partial charge in [-0.25, -0.2) is 0 Å². The summed E-state index contributed by atoms with van der Waals surface area (Å²) < 4.78 is 5.78. The zero-order valence-electron chi connectivity index (χ0n) is 12.1. The highest BCUT2D eigenvalue weighted by Crippen LogP contribution is 2.27. The van der Waals surface area contributed by atoms with Gasteiger partial charge in [-0.15, -0.1) is 0 Å². The van der Waals surface area contributed by atoms with Gasteiger partial charge >= 0.3 is 0 Å². The molecule has 0 bridgehead atoms. The van der Waals surface area contributed by atoms with E-state index in [-0.39, 0.29) is 0 Å². The molecule has 2 heteroatoms. The molecule has 0 amide bonds. The van der Waals surface area contributed by atoms with E-state index in [1.807, 2.05) is 0 Å². The molecule has 1 aromatic carbocycles. The molecule has 2 rings (SSSR count). The number of hydrogen-bond donors (Lipinski definition) is 1. The average Bonchev–Trinajstić information content (AvgIpc) is 2.91. The van der Waals surface area contributed by atoms with Crippen LogP contribution in [0.2, 0.25) is 0 Å². The Morgan fingerprint density at radius 2 is 2.00 bits per heavy atom. The summed E-state index contributed by atoms with van der Waals surface area (Å²) in [4.78, 5) is 0. The van der Waals surface area contributed by atoms with Crippen molar-refractivity contribution >= 4 is 0 Å². The predicted octanol–water partition coefficient (Wildman–Crippen LogP) is 3.41. The molecule has 1 aliphatic rings. The summed E-state index contributed by atoms with van der Waals surface area (Å²) in [5.41, 5.74) is 1.41. The van der Waals surface area contributed by atoms with E-state index in [0.29, 0.717) is 0 Å². The second kappa shape index (κ2) is 8.34. The van der Waals surface area contributed by atoms with Crippen LogP contribution in [0.25, 0.3) is 0 Å². The fourth-order valence-corrected chi connectivity index (χ4v) is 3.12. The lowest BCUT2D eigenvalue weighted by atomic mass is 10.0. The first-order valence-electron chi connectivity index (χ1n) is 7.69. The van der Waals surface area contributed by atoms with Crippen molar-refractivity contribution in [1.29, 1.82) is 0 Å². The number of aryl methyl sites for hydroxylation is 1. The van der Waals surface area contributed by atoms with Crippen LogP contribution in [-0.4, -0.2) is 26.3 Å². The highest BCUT2D eigenvalue weighted by molar-refractivity contribution is 5.14. The first kappa shape index (κ1) is 14.5. The Hall–Kier alpha value is -0.860. The minimum absolute atomic E-state index is 0.730. The van der Waals surface area contributed by atoms with Crippen LogP contribution >= 0.6 is 0 Å². The molecule has 1 aliphatic carbocycles. The van der Waals surface area contributed by atoms with Crippen LogP contribution in [0.4, 0.5) is 0 Å². The van der Waals surface area contributed by atoms with Crippen LogP contribution in [0, 0.1) is 5.92 Å². The van der Waals surface area contributed by atoms with E-state index in [9.17, 15) is 0 Å². The van der Waals surface area contributed by atoms with Gasteiger partial charge in [0.2, 0.25) is 0 Å². The van der Waals surface area contributed by atoms with Crippen molar-refractivity contribution in [3.63, 3.8) is 0 Å². The first-order chi connectivity index (χ1) is 9.40. The van der Waals surface area contributed by atoms with E-state index in [1.165, 1.54) is 31.2 Å². The van der Waals surface area contributed by atoms with Crippen LogP contribution in [0.5, 0.6) is 0 Å². The van der Waals surface area contributed by atoms with Gasteiger partial charge in [0.05, 0.1) is 0 Å². The van der Waals surface area contributed by atoms with Gasteiger partial charge in [0.1, 0.15) is 0 Å². The molecule has 0 heterocycles. The maximum absolute atomic E-state index is 5.78. The van der Waals surface area contributed by atoms with Crippen molar-refractivity contribution < 1.29 is 4.74 Å². The molecular formula is C17H27NO. The van der Waals surface area contributed by atoms with Crippen molar-refractivity contribution in [2.75, 3.05) is 20.3 Å². The molecule has 0 saturated heterocycles. The van der Waals surface area contributed by atoms with E-state index < -0.39 is 0 Å². The third-order valence-electron chi connectivity index (χ3n) is 4.26. The van der Waals surface area contributed by atoms with Crippen molar-refractivity contribution in [3.8, 4) is 0 Å². The molecule has 19 heavy (non-hydrogen) atoms. The van der Waals surface area contributed by atoms with Gasteiger partial charge in [0, 0.05) is 19.3 Å². The minimum Gasteiger partial charge on any atom is -0.381 e. The van der Waals surface area contributed by atoms with Crippen molar-refractivity contribution in [1.82, 2.24) is 5.32 Å². The minimum atomic E-state index is 0.730. The maximum atomic E-state index is 5.78. The molecule has 0 radical (unpaired) electrons. The van der Waals surface area contributed by atoms with E-state index in [0.717, 1.165) is 38.0 Å². The summed E-state index contributed by atoms with van der Waals surface area (Å²) in [6.45, 7) is 1.82. The molecule has 1 N–H and O–H groups in total. The third kappa shape index (κ3) is 4.96. The topological polar surface area (TPSA) is 21.3 Å². The SMILES string of the molecule is CNC1CCCC1CCOCCCc1ccccc1. The quantitative estimate of drug-likeness (QED) is 0.724. The number of hydrogen-bond acceptors (Lipinski definition) is 2. The largest absolute Gasteiger partial charge is 0.381 e. The van der Waals surface area contributed by atoms with Gasteiger partial charge in [-0.1, -0.05) is 36.8 Å². The molecule has 0 spiro atoms. The summed E-state index contributed by atoms with van der Waals surface area (Å²) >= 11 is 0. The van der Waals surface area contributed by atoms with Crippen LogP contribution in [0.3, 0.4) is 0 Å². The van der Waals surface area contributed by atoms with Gasteiger partial charge in [-0.2, -0.15) is 0 Å². The molecule has 1 aromatic rings. The van der Waals surface area contributed by atoms with E-state index >= 15 is 0 Å². The molecule has 2 atom stereocenters. The number of ether oxygens (including phenoxy) is 1. The smallest absolute Gasteiger partial charge is 0.0469 e. The van der Waals surface area contributed by atoms with E-state index in [4.69, 9.17) is 4.74 Å². The van der Waals surface area contributed by atoms with Gasteiger partial charge in [0.15, 0.2) is 0 Å². The summed E-state index contributed by atoms with van der Waals surface area (Å²) in [7, 11) is 2.09. The predicted molar refractivity (Wildman–Crippen MR) is 80.4 cm³/mol. The first-order valence-corrected chi connectivity index (χ1v) is 7.69. The Morgan fingerprint density at radius 1 is 1.16 bits per heavy atom. The van der Waals surface area contributed by atoms with Crippen molar-refractivity contribution in [3.05, 3.63) is 35.9 Å². The number of rotatable bonds is 8. The lowest BCUT2D eigenvalue weighted by molar-refractivity contribution is 0.115. The van der Waals surface area contributed by atoms with Crippen LogP contribution in [0.15, 0.2) is 30.3 Å². The van der Waals surface area contributed by atoms with E-state index in [1.54, 1.807) is 0 Å². The van der Waals surface area contributed by atoms with Crippen molar-refractivity contribution in [2.24, 2.45) is 5.92 Å². The lowest BCUT2D eigenvalue weighted by Crippen LogP contribution is -2.29. The highest BCUT2D eigenvalue weighted by atomic mass is 16.5. The maximum Gasteiger partial charge on any atom is 0.0469 e. The normalized spacial score (nSPS) is 22.8. The second-order valence-corrected chi connectivity index (χ2v) is 5.58. The molecule has 0 aromatic heterocycles. The average molecular weight is 261 g/mol. The fraction of sp³-hybridized carbons (Fsp3) is 0.647. The zero-order valence-corrected chi connectivity index (χ0v) is 12.1. The standard InChI is InChI=1S/C17H27NO/c1-18-17-11-5-10-16(17)12-14-19-13-6-9-15-7-3-2-4-8-15/h2-4,7-8,16-18H,5-6,9-14H2,1H3. The lowest BCUT2D eigenvalue weighted by Gasteiger charge is -2.18. The number of benzene rings is 1. The zero-order chi connectivity index (χ0) is 13.3. The Bertz CT molecular complexity index is 338. The summed E-state index contributed by atoms with van der Waals surface area (Å²) in [5, 5.41) is 3.43. The van der Waals surface area contributed by atoms with Crippen molar-refractivity contribution in [2.45, 2.75) is 44.6 Å². The van der Waals surface area contributed by atoms with Crippen LogP contribution in [-0.2, 0) is 11.2 Å². The summed E-state index contributed by atoms with van der Waals surface area (Å²) in [5.74, 6) is 0.833. The molecule has 0 aliphatic heterocycles. The van der Waals surface area contributed by atoms with Gasteiger partial charge in [-0.3, -0.25) is 0 Å². The molecule has 1 saturated carbocycles. The molecule has 2 nitrogen and oxygen atoms in total. The molecule has 2 unspecified atom stereocenters. The number of nitrogens with one attached hydrogen (secondary N) is 1. The van der Waals surface area contributed by atoms with Crippen LogP contribution in [0.1, 0.15) is 37.7 Å². The van der Waals surface area contributed by atoms with Gasteiger partial charge in [0.25, 0.3) is 0 Å². The summed E-state index contributed by atoms with van der Waals surface area (Å²) in [6, 6.07) is 11.4. The molecule has 106 valence electrons. The Morgan fingerprint density at radius 3 is 2.79 bits per heavy atom. The van der Waals surface area contributed by atoms with E-state index in [2.05, 4.69) is 42.7 Å². The highest BCUT2D eigenvalue weighted by Gasteiger charge is 2.24. The Labute approximate surface area is 117 Å². The van der Waals surface area contributed by atoms with Gasteiger partial charge in [-0.05, 0) is 50.6 Å². The van der Waals surface area contributed by atoms with Gasteiger partial charge < -0.3 is 10.1 Å². The fourth-order valence-electron chi connectivity index (χ4n) is 3.12. The second-order valence-electron chi connectivity index (χ2n) is 5.58. The van der Waals surface area contributed by atoms with Crippen LogP contribution < -0.4 is 5.32 Å². The monoisotopic (exact) mass is 261 g/mol. The molecular weight excluding hydrogens is 234 g/mol.